The van der Waals surface area contributed by atoms with Crippen LogP contribution in [0.25, 0.3) is 0 Å². The number of rotatable bonds is 6. The Kier molecular flexibility index (Phi) is 6.37. The van der Waals surface area contributed by atoms with Crippen molar-refractivity contribution in [2.24, 2.45) is 0 Å². The minimum Gasteiger partial charge on any atom is -0.308 e. The van der Waals surface area contributed by atoms with Gasteiger partial charge in [0.2, 0.25) is 5.91 Å². The SMILES string of the molecule is Cc1c(Cl)c(C(F)(F)F)nn1CCC(=O)Nc1nn(Cc2ccccc2F)cc1Cl. The Balaban J connectivity index is 1.63. The summed E-state index contributed by atoms with van der Waals surface area (Å²) >= 11 is 11.7. The molecule has 1 amide bonds. The highest BCUT2D eigenvalue weighted by atomic mass is 35.5. The highest BCUT2D eigenvalue weighted by Gasteiger charge is 2.38. The van der Waals surface area contributed by atoms with Crippen LogP contribution < -0.4 is 5.32 Å². The van der Waals surface area contributed by atoms with Crippen LogP contribution in [0.15, 0.2) is 30.5 Å². The van der Waals surface area contributed by atoms with E-state index in [1.165, 1.54) is 23.9 Å². The summed E-state index contributed by atoms with van der Waals surface area (Å²) in [6.07, 6.45) is -3.45. The third kappa shape index (κ3) is 4.93. The molecule has 1 N–H and O–H groups in total. The molecule has 0 spiro atoms. The van der Waals surface area contributed by atoms with E-state index in [1.807, 2.05) is 0 Å². The lowest BCUT2D eigenvalue weighted by Crippen LogP contribution is -2.17. The van der Waals surface area contributed by atoms with Crippen molar-refractivity contribution in [3.05, 3.63) is 63.3 Å². The molecule has 3 rings (SSSR count). The van der Waals surface area contributed by atoms with Crippen LogP contribution in [0.5, 0.6) is 0 Å². The fourth-order valence-corrected chi connectivity index (χ4v) is 3.13. The second-order valence-corrected chi connectivity index (χ2v) is 7.17. The van der Waals surface area contributed by atoms with Crippen molar-refractivity contribution >= 4 is 34.9 Å². The van der Waals surface area contributed by atoms with Crippen LogP contribution in [0.3, 0.4) is 0 Å². The quantitative estimate of drug-likeness (QED) is 0.527. The Morgan fingerprint density at radius 3 is 2.53 bits per heavy atom. The van der Waals surface area contributed by atoms with E-state index in [4.69, 9.17) is 23.2 Å². The summed E-state index contributed by atoms with van der Waals surface area (Å²) in [6.45, 7) is 1.36. The Hall–Kier alpha value is -2.59. The Labute approximate surface area is 178 Å². The van der Waals surface area contributed by atoms with Crippen molar-refractivity contribution in [1.82, 2.24) is 19.6 Å². The lowest BCUT2D eigenvalue weighted by Gasteiger charge is -2.06. The zero-order valence-corrected chi connectivity index (χ0v) is 17.0. The smallest absolute Gasteiger partial charge is 0.308 e. The summed E-state index contributed by atoms with van der Waals surface area (Å²) in [7, 11) is 0. The van der Waals surface area contributed by atoms with E-state index in [0.29, 0.717) is 5.56 Å². The van der Waals surface area contributed by atoms with Gasteiger partial charge < -0.3 is 5.32 Å². The van der Waals surface area contributed by atoms with Gasteiger partial charge in [-0.25, -0.2) is 4.39 Å². The molecule has 0 saturated carbocycles. The zero-order chi connectivity index (χ0) is 22.1. The predicted molar refractivity (Wildman–Crippen MR) is 103 cm³/mol. The van der Waals surface area contributed by atoms with Crippen molar-refractivity contribution in [1.29, 1.82) is 0 Å². The Bertz CT molecular complexity index is 1080. The molecule has 0 bridgehead atoms. The normalized spacial score (nSPS) is 11.7. The lowest BCUT2D eigenvalue weighted by molar-refractivity contribution is -0.141. The van der Waals surface area contributed by atoms with Gasteiger partial charge in [-0.15, -0.1) is 0 Å². The van der Waals surface area contributed by atoms with E-state index in [1.54, 1.807) is 18.2 Å². The fourth-order valence-electron chi connectivity index (χ4n) is 2.69. The van der Waals surface area contributed by atoms with Gasteiger partial charge in [0.1, 0.15) is 10.8 Å². The zero-order valence-electron chi connectivity index (χ0n) is 15.5. The van der Waals surface area contributed by atoms with Gasteiger partial charge in [0, 0.05) is 18.2 Å². The minimum atomic E-state index is -4.69. The van der Waals surface area contributed by atoms with Crippen molar-refractivity contribution < 1.29 is 22.4 Å². The third-order valence-electron chi connectivity index (χ3n) is 4.22. The predicted octanol–water partition coefficient (Wildman–Crippen LogP) is 4.93. The molecule has 0 radical (unpaired) electrons. The molecule has 12 heteroatoms. The Morgan fingerprint density at radius 1 is 1.20 bits per heavy atom. The number of carbonyl (C=O) groups is 1. The van der Waals surface area contributed by atoms with E-state index in [-0.39, 0.29) is 36.0 Å². The topological polar surface area (TPSA) is 64.7 Å². The summed E-state index contributed by atoms with van der Waals surface area (Å²) in [5.41, 5.74) is -0.706. The van der Waals surface area contributed by atoms with Crippen molar-refractivity contribution in [2.75, 3.05) is 5.32 Å². The molecule has 3 aromatic rings. The number of alkyl halides is 3. The highest BCUT2D eigenvalue weighted by molar-refractivity contribution is 6.33. The largest absolute Gasteiger partial charge is 0.436 e. The average Bonchev–Trinajstić information content (AvgIpc) is 3.15. The van der Waals surface area contributed by atoms with Gasteiger partial charge in [-0.05, 0) is 13.0 Å². The second kappa shape index (κ2) is 8.65. The summed E-state index contributed by atoms with van der Waals surface area (Å²) in [4.78, 5) is 12.2. The molecule has 0 fully saturated rings. The summed E-state index contributed by atoms with van der Waals surface area (Å²) < 4.78 is 54.7. The standard InChI is InChI=1S/C18H15Cl2F4N5O/c1-10-15(20)16(18(22,23)24)26-29(10)7-6-14(30)25-17-12(19)9-28(27-17)8-11-4-2-3-5-13(11)21/h2-5,9H,6-8H2,1H3,(H,25,27,30). The van der Waals surface area contributed by atoms with Crippen LogP contribution in [0.2, 0.25) is 10.0 Å². The number of anilines is 1. The molecule has 6 nitrogen and oxygen atoms in total. The number of nitrogens with zero attached hydrogens (tertiary/aromatic N) is 4. The maximum Gasteiger partial charge on any atom is 0.436 e. The van der Waals surface area contributed by atoms with Gasteiger partial charge in [0.25, 0.3) is 0 Å². The van der Waals surface area contributed by atoms with E-state index >= 15 is 0 Å². The number of carbonyl (C=O) groups excluding carboxylic acids is 1. The molecule has 2 heterocycles. The molecule has 160 valence electrons. The molecule has 0 aliphatic carbocycles. The molecule has 0 saturated heterocycles. The Morgan fingerprint density at radius 2 is 1.90 bits per heavy atom. The second-order valence-electron chi connectivity index (χ2n) is 6.38. The molecule has 30 heavy (non-hydrogen) atoms. The number of hydrogen-bond donors (Lipinski definition) is 1. The average molecular weight is 464 g/mol. The number of nitrogens with one attached hydrogen (secondary N) is 1. The first-order valence-corrected chi connectivity index (χ1v) is 9.38. The summed E-state index contributed by atoms with van der Waals surface area (Å²) in [5, 5.41) is 9.65. The number of aryl methyl sites for hydroxylation is 1. The van der Waals surface area contributed by atoms with E-state index in [2.05, 4.69) is 15.5 Å². The lowest BCUT2D eigenvalue weighted by atomic mass is 10.2. The van der Waals surface area contributed by atoms with Gasteiger partial charge >= 0.3 is 6.18 Å². The van der Waals surface area contributed by atoms with Crippen LogP contribution in [-0.2, 0) is 24.1 Å². The first kappa shape index (κ1) is 22.1. The third-order valence-corrected chi connectivity index (χ3v) is 4.95. The first-order chi connectivity index (χ1) is 14.1. The molecule has 0 atom stereocenters. The van der Waals surface area contributed by atoms with Crippen LogP contribution in [0, 0.1) is 12.7 Å². The van der Waals surface area contributed by atoms with Crippen molar-refractivity contribution in [3.63, 3.8) is 0 Å². The number of aromatic nitrogens is 4. The van der Waals surface area contributed by atoms with E-state index in [0.717, 1.165) is 4.68 Å². The number of amides is 1. The number of benzene rings is 1. The molecular formula is C18H15Cl2F4N5O. The van der Waals surface area contributed by atoms with E-state index < -0.39 is 28.6 Å². The highest BCUT2D eigenvalue weighted by Crippen LogP contribution is 2.35. The van der Waals surface area contributed by atoms with Crippen LogP contribution in [-0.4, -0.2) is 25.5 Å². The molecule has 0 unspecified atom stereocenters. The van der Waals surface area contributed by atoms with E-state index in [9.17, 15) is 22.4 Å². The summed E-state index contributed by atoms with van der Waals surface area (Å²) in [6, 6.07) is 6.15. The summed E-state index contributed by atoms with van der Waals surface area (Å²) in [5.74, 6) is -0.877. The fraction of sp³-hybridized carbons (Fsp3) is 0.278. The minimum absolute atomic E-state index is 0.0595. The van der Waals surface area contributed by atoms with Crippen LogP contribution in [0.1, 0.15) is 23.4 Å². The maximum atomic E-state index is 13.8. The monoisotopic (exact) mass is 463 g/mol. The van der Waals surface area contributed by atoms with Crippen molar-refractivity contribution in [2.45, 2.75) is 32.6 Å². The molecule has 0 aliphatic heterocycles. The van der Waals surface area contributed by atoms with Crippen LogP contribution in [0.4, 0.5) is 23.4 Å². The molecule has 2 aromatic heterocycles. The molecule has 1 aromatic carbocycles. The van der Waals surface area contributed by atoms with Gasteiger partial charge in [0.15, 0.2) is 11.5 Å². The van der Waals surface area contributed by atoms with Gasteiger partial charge in [0.05, 0.1) is 23.8 Å². The van der Waals surface area contributed by atoms with Crippen LogP contribution >= 0.6 is 23.2 Å². The maximum absolute atomic E-state index is 13.8. The van der Waals surface area contributed by atoms with Gasteiger partial charge in [-0.1, -0.05) is 41.4 Å². The number of halogens is 6. The van der Waals surface area contributed by atoms with Gasteiger partial charge in [-0.2, -0.15) is 23.4 Å². The number of hydrogen-bond acceptors (Lipinski definition) is 3. The molecular weight excluding hydrogens is 449 g/mol. The first-order valence-electron chi connectivity index (χ1n) is 8.62. The van der Waals surface area contributed by atoms with Crippen molar-refractivity contribution in [3.8, 4) is 0 Å². The van der Waals surface area contributed by atoms with Gasteiger partial charge in [-0.3, -0.25) is 14.2 Å². The molecule has 0 aliphatic rings.